The lowest BCUT2D eigenvalue weighted by Crippen LogP contribution is -2.10. The summed E-state index contributed by atoms with van der Waals surface area (Å²) in [6.45, 7) is 6.19. The van der Waals surface area contributed by atoms with Crippen molar-refractivity contribution in [2.75, 3.05) is 5.50 Å². The molecule has 0 aliphatic rings. The molecule has 0 N–H and O–H groups in total. The third kappa shape index (κ3) is 18.4. The SMILES string of the molecule is C=C[SiH](CCl)CCCCCCCCCCCCCCCCCC. The molecule has 1 atom stereocenters. The summed E-state index contributed by atoms with van der Waals surface area (Å²) in [6, 6.07) is 1.37. The highest BCUT2D eigenvalue weighted by molar-refractivity contribution is 6.71. The molecule has 0 spiro atoms. The highest BCUT2D eigenvalue weighted by Crippen LogP contribution is 2.14. The normalized spacial score (nSPS) is 12.4. The van der Waals surface area contributed by atoms with Gasteiger partial charge in [-0.3, -0.25) is 0 Å². The van der Waals surface area contributed by atoms with Gasteiger partial charge in [0.05, 0.1) is 8.80 Å². The molecule has 0 aliphatic heterocycles. The Hall–Kier alpha value is 0.247. The Balaban J connectivity index is 3.04. The van der Waals surface area contributed by atoms with Crippen LogP contribution < -0.4 is 0 Å². The minimum absolute atomic E-state index is 0.756. The summed E-state index contributed by atoms with van der Waals surface area (Å²) >= 11 is 5.93. The molecule has 0 aromatic carbocycles. The first kappa shape index (κ1) is 23.2. The van der Waals surface area contributed by atoms with Crippen molar-refractivity contribution in [1.82, 2.24) is 0 Å². The maximum Gasteiger partial charge on any atom is 0.0768 e. The van der Waals surface area contributed by atoms with Gasteiger partial charge in [0.25, 0.3) is 0 Å². The number of rotatable bonds is 19. The highest BCUT2D eigenvalue weighted by Gasteiger charge is 2.03. The fraction of sp³-hybridized carbons (Fsp3) is 0.905. The number of hydrogen-bond donors (Lipinski definition) is 0. The number of halogens is 1. The lowest BCUT2D eigenvalue weighted by atomic mass is 10.0. The highest BCUT2D eigenvalue weighted by atomic mass is 35.5. The van der Waals surface area contributed by atoms with Gasteiger partial charge in [0.2, 0.25) is 0 Å². The fourth-order valence-electron chi connectivity index (χ4n) is 3.21. The van der Waals surface area contributed by atoms with Crippen LogP contribution in [0.25, 0.3) is 0 Å². The molecule has 0 radical (unpaired) electrons. The molecule has 0 aromatic heterocycles. The zero-order valence-corrected chi connectivity index (χ0v) is 17.9. The molecule has 0 heterocycles. The molecule has 0 fully saturated rings. The van der Waals surface area contributed by atoms with E-state index in [-0.39, 0.29) is 0 Å². The molecule has 0 nitrogen and oxygen atoms in total. The van der Waals surface area contributed by atoms with Crippen LogP contribution >= 0.6 is 11.6 Å². The van der Waals surface area contributed by atoms with E-state index in [9.17, 15) is 0 Å². The van der Waals surface area contributed by atoms with Gasteiger partial charge in [-0.2, -0.15) is 0 Å². The first-order valence-corrected chi connectivity index (χ1v) is 13.4. The minimum atomic E-state index is -0.756. The zero-order chi connectivity index (χ0) is 17.0. The first-order valence-electron chi connectivity index (χ1n) is 10.5. The lowest BCUT2D eigenvalue weighted by Gasteiger charge is -2.06. The second kappa shape index (κ2) is 20.3. The Labute approximate surface area is 154 Å². The van der Waals surface area contributed by atoms with Gasteiger partial charge in [0, 0.05) is 5.50 Å². The van der Waals surface area contributed by atoms with E-state index in [0.717, 1.165) is 5.50 Å². The summed E-state index contributed by atoms with van der Waals surface area (Å²) in [5.41, 5.74) is 3.03. The second-order valence-electron chi connectivity index (χ2n) is 7.24. The molecule has 2 heteroatoms. The summed E-state index contributed by atoms with van der Waals surface area (Å²) in [5.74, 6) is 0. The van der Waals surface area contributed by atoms with Crippen molar-refractivity contribution in [1.29, 1.82) is 0 Å². The summed E-state index contributed by atoms with van der Waals surface area (Å²) in [5, 5.41) is 0. The van der Waals surface area contributed by atoms with E-state index < -0.39 is 8.80 Å². The number of unbranched alkanes of at least 4 members (excludes halogenated alkanes) is 15. The monoisotopic (exact) mass is 358 g/mol. The van der Waals surface area contributed by atoms with Crippen LogP contribution in [0.15, 0.2) is 12.3 Å². The van der Waals surface area contributed by atoms with Gasteiger partial charge in [-0.1, -0.05) is 116 Å². The summed E-state index contributed by atoms with van der Waals surface area (Å²) in [6.07, 6.45) is 23.1. The van der Waals surface area contributed by atoms with Crippen LogP contribution in [-0.2, 0) is 0 Å². The van der Waals surface area contributed by atoms with Crippen molar-refractivity contribution in [2.24, 2.45) is 0 Å². The van der Waals surface area contributed by atoms with E-state index in [0.29, 0.717) is 0 Å². The molecule has 0 aliphatic carbocycles. The predicted molar refractivity (Wildman–Crippen MR) is 112 cm³/mol. The lowest BCUT2D eigenvalue weighted by molar-refractivity contribution is 0.531. The molecule has 0 rings (SSSR count). The summed E-state index contributed by atoms with van der Waals surface area (Å²) in [7, 11) is -0.756. The van der Waals surface area contributed by atoms with Crippen LogP contribution in [0.1, 0.15) is 110 Å². The predicted octanol–water partition coefficient (Wildman–Crippen LogP) is 7.98. The van der Waals surface area contributed by atoms with Crippen molar-refractivity contribution >= 4 is 20.4 Å². The average molecular weight is 359 g/mol. The van der Waals surface area contributed by atoms with Gasteiger partial charge in [0.1, 0.15) is 0 Å². The third-order valence-electron chi connectivity index (χ3n) is 4.96. The third-order valence-corrected chi connectivity index (χ3v) is 8.36. The van der Waals surface area contributed by atoms with Crippen LogP contribution in [0.2, 0.25) is 6.04 Å². The van der Waals surface area contributed by atoms with Crippen molar-refractivity contribution < 1.29 is 0 Å². The largest absolute Gasteiger partial charge is 0.130 e. The first-order chi connectivity index (χ1) is 11.3. The van der Waals surface area contributed by atoms with E-state index in [4.69, 9.17) is 11.6 Å². The zero-order valence-electron chi connectivity index (χ0n) is 16.0. The molecule has 23 heavy (non-hydrogen) atoms. The van der Waals surface area contributed by atoms with Crippen molar-refractivity contribution in [3.63, 3.8) is 0 Å². The van der Waals surface area contributed by atoms with E-state index in [1.54, 1.807) is 0 Å². The van der Waals surface area contributed by atoms with E-state index in [1.165, 1.54) is 109 Å². The average Bonchev–Trinajstić information content (AvgIpc) is 2.58. The minimum Gasteiger partial charge on any atom is -0.130 e. The van der Waals surface area contributed by atoms with Crippen LogP contribution in [0.3, 0.4) is 0 Å². The molecule has 0 saturated heterocycles. The number of alkyl halides is 1. The van der Waals surface area contributed by atoms with Crippen molar-refractivity contribution in [3.8, 4) is 0 Å². The molecular weight excluding hydrogens is 316 g/mol. The van der Waals surface area contributed by atoms with Gasteiger partial charge in [-0.15, -0.1) is 23.9 Å². The molecule has 1 unspecified atom stereocenters. The molecular formula is C21H43ClSi. The van der Waals surface area contributed by atoms with Gasteiger partial charge >= 0.3 is 0 Å². The summed E-state index contributed by atoms with van der Waals surface area (Å²) < 4.78 is 0. The molecule has 138 valence electrons. The van der Waals surface area contributed by atoms with Gasteiger partial charge in [-0.05, 0) is 0 Å². The topological polar surface area (TPSA) is 0 Å². The van der Waals surface area contributed by atoms with E-state index >= 15 is 0 Å². The molecule has 0 bridgehead atoms. The molecule has 0 saturated carbocycles. The molecule has 0 aromatic rings. The summed E-state index contributed by atoms with van der Waals surface area (Å²) in [4.78, 5) is 0. The van der Waals surface area contributed by atoms with Crippen molar-refractivity contribution in [2.45, 2.75) is 116 Å². The maximum absolute atomic E-state index is 5.93. The quantitative estimate of drug-likeness (QED) is 0.125. The van der Waals surface area contributed by atoms with Gasteiger partial charge < -0.3 is 0 Å². The van der Waals surface area contributed by atoms with Gasteiger partial charge in [-0.25, -0.2) is 0 Å². The van der Waals surface area contributed by atoms with Crippen LogP contribution in [0.4, 0.5) is 0 Å². The van der Waals surface area contributed by atoms with Crippen LogP contribution in [0, 0.1) is 0 Å². The van der Waals surface area contributed by atoms with Crippen molar-refractivity contribution in [3.05, 3.63) is 12.3 Å². The smallest absolute Gasteiger partial charge is 0.0768 e. The number of hydrogen-bond acceptors (Lipinski definition) is 0. The van der Waals surface area contributed by atoms with E-state index in [1.807, 2.05) is 0 Å². The maximum atomic E-state index is 5.93. The van der Waals surface area contributed by atoms with Crippen LogP contribution in [-0.4, -0.2) is 14.3 Å². The van der Waals surface area contributed by atoms with E-state index in [2.05, 4.69) is 19.2 Å². The Morgan fingerprint density at radius 3 is 1.30 bits per heavy atom. The standard InChI is InChI=1S/C21H43ClSi/c1-3-5-6-7-8-9-10-11-12-13-14-15-16-17-18-19-20-23(4-2)21-22/h4,23H,2-3,5-21H2,1H3. The Morgan fingerprint density at radius 2 is 1.00 bits per heavy atom. The Morgan fingerprint density at radius 1 is 0.652 bits per heavy atom. The van der Waals surface area contributed by atoms with Gasteiger partial charge in [0.15, 0.2) is 0 Å². The Bertz CT molecular complexity index is 230. The van der Waals surface area contributed by atoms with Crippen LogP contribution in [0.5, 0.6) is 0 Å². The second-order valence-corrected chi connectivity index (χ2v) is 11.0. The Kier molecular flexibility index (Phi) is 20.5. The fourth-order valence-corrected chi connectivity index (χ4v) is 5.38. The molecule has 0 amide bonds.